The normalized spacial score (nSPS) is 9.71. The van der Waals surface area contributed by atoms with Gasteiger partial charge in [-0.05, 0) is 34.1 Å². The van der Waals surface area contributed by atoms with Crippen LogP contribution in [-0.2, 0) is 19.1 Å². The lowest BCUT2D eigenvalue weighted by molar-refractivity contribution is -0.147. The number of ether oxygens (including phenoxy) is 2. The molecule has 0 heterocycles. The summed E-state index contributed by atoms with van der Waals surface area (Å²) in [6.07, 6.45) is 15.1. The SMILES string of the molecule is CCCCCCCCCCCCCC(=O)OC(C)C.CCO.CCOC(C)=O. The van der Waals surface area contributed by atoms with Gasteiger partial charge in [-0.15, -0.1) is 0 Å². The molecular formula is C23H48O5. The number of hydrogen-bond acceptors (Lipinski definition) is 5. The topological polar surface area (TPSA) is 72.8 Å². The second-order valence-electron chi connectivity index (χ2n) is 7.06. The molecule has 0 atom stereocenters. The van der Waals surface area contributed by atoms with Crippen molar-refractivity contribution < 1.29 is 24.2 Å². The molecule has 1 N–H and O–H groups in total. The van der Waals surface area contributed by atoms with Crippen LogP contribution >= 0.6 is 0 Å². The van der Waals surface area contributed by atoms with E-state index in [-0.39, 0.29) is 24.6 Å². The molecule has 0 unspecified atom stereocenters. The molecular weight excluding hydrogens is 356 g/mol. The largest absolute Gasteiger partial charge is 0.466 e. The van der Waals surface area contributed by atoms with Crippen molar-refractivity contribution in [2.24, 2.45) is 0 Å². The summed E-state index contributed by atoms with van der Waals surface area (Å²) in [6, 6.07) is 0. The molecule has 5 nitrogen and oxygen atoms in total. The number of unbranched alkanes of at least 4 members (excludes halogenated alkanes) is 10. The maximum atomic E-state index is 11.3. The van der Waals surface area contributed by atoms with E-state index in [4.69, 9.17) is 9.84 Å². The summed E-state index contributed by atoms with van der Waals surface area (Å²) in [5, 5.41) is 7.57. The molecule has 0 spiro atoms. The van der Waals surface area contributed by atoms with Crippen LogP contribution in [0.5, 0.6) is 0 Å². The zero-order chi connectivity index (χ0) is 22.0. The van der Waals surface area contributed by atoms with Gasteiger partial charge in [-0.1, -0.05) is 71.1 Å². The van der Waals surface area contributed by atoms with Crippen LogP contribution in [-0.4, -0.2) is 36.4 Å². The molecule has 0 bridgehead atoms. The van der Waals surface area contributed by atoms with E-state index in [1.165, 1.54) is 71.1 Å². The number of rotatable bonds is 14. The summed E-state index contributed by atoms with van der Waals surface area (Å²) >= 11 is 0. The third-order valence-electron chi connectivity index (χ3n) is 3.70. The molecule has 0 aliphatic rings. The van der Waals surface area contributed by atoms with Crippen molar-refractivity contribution in [2.45, 2.75) is 125 Å². The van der Waals surface area contributed by atoms with Crippen LogP contribution in [0.15, 0.2) is 0 Å². The molecule has 0 fully saturated rings. The van der Waals surface area contributed by atoms with Gasteiger partial charge in [0.25, 0.3) is 0 Å². The van der Waals surface area contributed by atoms with Crippen molar-refractivity contribution in [1.29, 1.82) is 0 Å². The Morgan fingerprint density at radius 2 is 1.18 bits per heavy atom. The number of hydrogen-bond donors (Lipinski definition) is 1. The van der Waals surface area contributed by atoms with Gasteiger partial charge in [0.1, 0.15) is 0 Å². The first-order chi connectivity index (χ1) is 13.3. The number of aliphatic hydroxyl groups excluding tert-OH is 1. The molecule has 5 heteroatoms. The van der Waals surface area contributed by atoms with E-state index in [9.17, 15) is 9.59 Å². The lowest BCUT2D eigenvalue weighted by atomic mass is 10.1. The standard InChI is InChI=1S/C17H34O2.C4H8O2.C2H6O/c1-4-5-6-7-8-9-10-11-12-13-14-15-17(18)19-16(2)3;1-3-6-4(2)5;1-2-3/h16H,4-15H2,1-3H3;3H2,1-2H3;3H,2H2,1H3. The van der Waals surface area contributed by atoms with Gasteiger partial charge < -0.3 is 14.6 Å². The average molecular weight is 405 g/mol. The molecule has 0 saturated heterocycles. The van der Waals surface area contributed by atoms with Crippen molar-refractivity contribution >= 4 is 11.9 Å². The molecule has 28 heavy (non-hydrogen) atoms. The number of carbonyl (C=O) groups excluding carboxylic acids is 2. The predicted molar refractivity (Wildman–Crippen MR) is 117 cm³/mol. The number of esters is 2. The van der Waals surface area contributed by atoms with Crippen LogP contribution in [0.25, 0.3) is 0 Å². The fourth-order valence-electron chi connectivity index (χ4n) is 2.46. The minimum absolute atomic E-state index is 0.0280. The van der Waals surface area contributed by atoms with E-state index in [0.29, 0.717) is 13.0 Å². The maximum Gasteiger partial charge on any atom is 0.306 e. The van der Waals surface area contributed by atoms with Crippen LogP contribution in [0, 0.1) is 0 Å². The number of carbonyl (C=O) groups is 2. The van der Waals surface area contributed by atoms with Gasteiger partial charge in [0.05, 0.1) is 12.7 Å². The van der Waals surface area contributed by atoms with Gasteiger partial charge in [-0.25, -0.2) is 0 Å². The van der Waals surface area contributed by atoms with Gasteiger partial charge in [0.15, 0.2) is 0 Å². The quantitative estimate of drug-likeness (QED) is 0.275. The molecule has 170 valence electrons. The van der Waals surface area contributed by atoms with Crippen molar-refractivity contribution in [3.63, 3.8) is 0 Å². The van der Waals surface area contributed by atoms with Crippen LogP contribution < -0.4 is 0 Å². The van der Waals surface area contributed by atoms with E-state index in [2.05, 4.69) is 11.7 Å². The highest BCUT2D eigenvalue weighted by Gasteiger charge is 2.04. The van der Waals surface area contributed by atoms with E-state index >= 15 is 0 Å². The molecule has 0 rings (SSSR count). The second kappa shape index (κ2) is 28.1. The Morgan fingerprint density at radius 1 is 0.786 bits per heavy atom. The highest BCUT2D eigenvalue weighted by molar-refractivity contribution is 5.69. The van der Waals surface area contributed by atoms with Crippen LogP contribution in [0.1, 0.15) is 119 Å². The first-order valence-corrected chi connectivity index (χ1v) is 11.3. The van der Waals surface area contributed by atoms with Crippen molar-refractivity contribution in [1.82, 2.24) is 0 Å². The summed E-state index contributed by atoms with van der Waals surface area (Å²) in [5.41, 5.74) is 0. The number of aliphatic hydroxyl groups is 1. The summed E-state index contributed by atoms with van der Waals surface area (Å²) < 4.78 is 9.51. The summed E-state index contributed by atoms with van der Waals surface area (Å²) in [7, 11) is 0. The van der Waals surface area contributed by atoms with E-state index in [1.807, 2.05) is 13.8 Å². The van der Waals surface area contributed by atoms with E-state index in [0.717, 1.165) is 6.42 Å². The van der Waals surface area contributed by atoms with Crippen LogP contribution in [0.2, 0.25) is 0 Å². The predicted octanol–water partition coefficient (Wildman–Crippen LogP) is 6.21. The Morgan fingerprint density at radius 3 is 1.46 bits per heavy atom. The van der Waals surface area contributed by atoms with Gasteiger partial charge >= 0.3 is 11.9 Å². The fraction of sp³-hybridized carbons (Fsp3) is 0.913. The Balaban J connectivity index is -0.000000577. The molecule has 0 aromatic carbocycles. The molecule has 0 aliphatic carbocycles. The highest BCUT2D eigenvalue weighted by atomic mass is 16.5. The van der Waals surface area contributed by atoms with Crippen LogP contribution in [0.4, 0.5) is 0 Å². The molecule has 0 aromatic heterocycles. The minimum atomic E-state index is -0.211. The smallest absolute Gasteiger partial charge is 0.306 e. The highest BCUT2D eigenvalue weighted by Crippen LogP contribution is 2.12. The average Bonchev–Trinajstić information content (AvgIpc) is 2.60. The van der Waals surface area contributed by atoms with Gasteiger partial charge in [-0.3, -0.25) is 9.59 Å². The summed E-state index contributed by atoms with van der Waals surface area (Å²) in [5.74, 6) is -0.247. The van der Waals surface area contributed by atoms with E-state index < -0.39 is 0 Å². The zero-order valence-electron chi connectivity index (χ0n) is 19.6. The summed E-state index contributed by atoms with van der Waals surface area (Å²) in [4.78, 5) is 21.1. The third kappa shape index (κ3) is 39.8. The molecule has 0 aromatic rings. The maximum absolute atomic E-state index is 11.3. The van der Waals surface area contributed by atoms with Crippen LogP contribution in [0.3, 0.4) is 0 Å². The Hall–Kier alpha value is -1.10. The Kier molecular flexibility index (Phi) is 31.7. The first kappa shape index (κ1) is 31.6. The lowest BCUT2D eigenvalue weighted by Crippen LogP contribution is -2.10. The summed E-state index contributed by atoms with van der Waals surface area (Å²) in [6.45, 7) is 11.6. The Bertz CT molecular complexity index is 316. The van der Waals surface area contributed by atoms with Crippen molar-refractivity contribution in [3.05, 3.63) is 0 Å². The van der Waals surface area contributed by atoms with Crippen molar-refractivity contribution in [3.8, 4) is 0 Å². The first-order valence-electron chi connectivity index (χ1n) is 11.3. The molecule has 0 saturated carbocycles. The van der Waals surface area contributed by atoms with Gasteiger partial charge in [-0.2, -0.15) is 0 Å². The molecule has 0 aliphatic heterocycles. The van der Waals surface area contributed by atoms with Crippen molar-refractivity contribution in [2.75, 3.05) is 13.2 Å². The fourth-order valence-corrected chi connectivity index (χ4v) is 2.46. The second-order valence-corrected chi connectivity index (χ2v) is 7.06. The zero-order valence-corrected chi connectivity index (χ0v) is 19.6. The molecule has 0 radical (unpaired) electrons. The monoisotopic (exact) mass is 404 g/mol. The molecule has 0 amide bonds. The van der Waals surface area contributed by atoms with Gasteiger partial charge in [0.2, 0.25) is 0 Å². The van der Waals surface area contributed by atoms with Gasteiger partial charge in [0, 0.05) is 20.0 Å². The third-order valence-corrected chi connectivity index (χ3v) is 3.70. The lowest BCUT2D eigenvalue weighted by Gasteiger charge is -2.07. The van der Waals surface area contributed by atoms with E-state index in [1.54, 1.807) is 13.8 Å². The Labute approximate surface area is 174 Å². The minimum Gasteiger partial charge on any atom is -0.466 e.